The lowest BCUT2D eigenvalue weighted by atomic mass is 9.66. The molecule has 1 aromatic rings. The molecule has 4 heteroatoms. The number of nitriles is 1. The van der Waals surface area contributed by atoms with Crippen LogP contribution in [-0.4, -0.2) is 11.8 Å². The van der Waals surface area contributed by atoms with E-state index in [1.807, 2.05) is 13.8 Å². The number of ketones is 1. The average molecular weight is 297 g/mol. The Hall–Kier alpha value is -2.41. The Morgan fingerprint density at radius 1 is 1.36 bits per heavy atom. The lowest BCUT2D eigenvalue weighted by molar-refractivity contribution is -0.163. The van der Waals surface area contributed by atoms with Crippen molar-refractivity contribution in [2.45, 2.75) is 33.3 Å². The first-order chi connectivity index (χ1) is 10.3. The van der Waals surface area contributed by atoms with Crippen molar-refractivity contribution in [1.29, 1.82) is 5.26 Å². The Morgan fingerprint density at radius 3 is 2.45 bits per heavy atom. The van der Waals surface area contributed by atoms with Gasteiger partial charge in [-0.15, -0.1) is 0 Å². The quantitative estimate of drug-likeness (QED) is 0.634. The van der Waals surface area contributed by atoms with Crippen LogP contribution in [0.4, 0.5) is 0 Å². The molecule has 0 radical (unpaired) electrons. The monoisotopic (exact) mass is 297 g/mol. The van der Waals surface area contributed by atoms with Crippen molar-refractivity contribution in [3.8, 4) is 6.07 Å². The van der Waals surface area contributed by atoms with Gasteiger partial charge in [-0.1, -0.05) is 32.6 Å². The van der Waals surface area contributed by atoms with E-state index in [1.54, 1.807) is 24.3 Å². The molecule has 1 saturated heterocycles. The van der Waals surface area contributed by atoms with Gasteiger partial charge >= 0.3 is 5.97 Å². The van der Waals surface area contributed by atoms with E-state index in [4.69, 9.17) is 10.00 Å². The number of hydrogen-bond acceptors (Lipinski definition) is 4. The molecule has 2 rings (SSSR count). The molecule has 1 aromatic carbocycles. The van der Waals surface area contributed by atoms with Crippen molar-refractivity contribution in [3.63, 3.8) is 0 Å². The maximum atomic E-state index is 12.1. The smallest absolute Gasteiger partial charge is 0.334 e. The van der Waals surface area contributed by atoms with E-state index in [1.165, 1.54) is 6.92 Å². The fourth-order valence-corrected chi connectivity index (χ4v) is 3.01. The van der Waals surface area contributed by atoms with Crippen molar-refractivity contribution in [2.75, 3.05) is 0 Å². The molecule has 0 aromatic heterocycles. The summed E-state index contributed by atoms with van der Waals surface area (Å²) in [7, 11) is 0. The van der Waals surface area contributed by atoms with Crippen LogP contribution in [0, 0.1) is 22.7 Å². The van der Waals surface area contributed by atoms with Gasteiger partial charge in [-0.3, -0.25) is 0 Å². The predicted molar refractivity (Wildman–Crippen MR) is 81.7 cm³/mol. The van der Waals surface area contributed by atoms with Crippen molar-refractivity contribution >= 4 is 11.8 Å². The van der Waals surface area contributed by atoms with Gasteiger partial charge in [-0.25, -0.2) is 4.79 Å². The molecule has 0 unspecified atom stereocenters. The van der Waals surface area contributed by atoms with Crippen molar-refractivity contribution in [1.82, 2.24) is 0 Å². The molecule has 2 atom stereocenters. The molecule has 0 N–H and O–H groups in total. The first-order valence-electron chi connectivity index (χ1n) is 7.16. The zero-order valence-electron chi connectivity index (χ0n) is 13.1. The molecule has 0 saturated carbocycles. The summed E-state index contributed by atoms with van der Waals surface area (Å²) in [4.78, 5) is 23.6. The third kappa shape index (κ3) is 2.80. The Balaban J connectivity index is 2.41. The Kier molecular flexibility index (Phi) is 4.18. The van der Waals surface area contributed by atoms with Gasteiger partial charge in [0.15, 0.2) is 0 Å². The summed E-state index contributed by atoms with van der Waals surface area (Å²) in [5.41, 5.74) is 1.27. The number of cyclic esters (lactones) is 1. The maximum absolute atomic E-state index is 12.1. The van der Waals surface area contributed by atoms with E-state index >= 15 is 0 Å². The van der Waals surface area contributed by atoms with E-state index in [2.05, 4.69) is 12.6 Å². The van der Waals surface area contributed by atoms with Crippen LogP contribution in [0.5, 0.6) is 0 Å². The van der Waals surface area contributed by atoms with Crippen LogP contribution in [0.15, 0.2) is 36.4 Å². The summed E-state index contributed by atoms with van der Waals surface area (Å²) < 4.78 is 5.55. The highest BCUT2D eigenvalue weighted by molar-refractivity contribution is 5.91. The van der Waals surface area contributed by atoms with Gasteiger partial charge in [-0.2, -0.15) is 5.26 Å². The largest absolute Gasteiger partial charge is 0.454 e. The second kappa shape index (κ2) is 5.76. The average Bonchev–Trinajstić information content (AvgIpc) is 2.47. The molecule has 1 aliphatic rings. The summed E-state index contributed by atoms with van der Waals surface area (Å²) in [5.74, 6) is -0.695. The predicted octanol–water partition coefficient (Wildman–Crippen LogP) is 3.33. The first-order valence-corrected chi connectivity index (χ1v) is 7.16. The third-order valence-corrected chi connectivity index (χ3v) is 4.32. The normalized spacial score (nSPS) is 23.5. The van der Waals surface area contributed by atoms with E-state index in [0.717, 1.165) is 5.56 Å². The van der Waals surface area contributed by atoms with Crippen LogP contribution in [-0.2, 0) is 14.3 Å². The molecule has 114 valence electrons. The lowest BCUT2D eigenvalue weighted by Crippen LogP contribution is -2.42. The number of Topliss-reactive ketones (excluding diaryl/α,β-unsaturated/α-hetero) is 1. The first kappa shape index (κ1) is 16.0. The fourth-order valence-electron chi connectivity index (χ4n) is 3.01. The van der Waals surface area contributed by atoms with E-state index < -0.39 is 17.5 Å². The van der Waals surface area contributed by atoms with Gasteiger partial charge in [0.05, 0.1) is 11.6 Å². The molecule has 0 bridgehead atoms. The molecular weight excluding hydrogens is 278 g/mol. The molecular formula is C18H19NO3. The second-order valence-electron chi connectivity index (χ2n) is 6.32. The Labute approximate surface area is 130 Å². The summed E-state index contributed by atoms with van der Waals surface area (Å²) in [6.07, 6.45) is -0.198. The van der Waals surface area contributed by atoms with Crippen molar-refractivity contribution in [2.24, 2.45) is 11.3 Å². The molecule has 1 fully saturated rings. The van der Waals surface area contributed by atoms with Gasteiger partial charge < -0.3 is 9.53 Å². The number of nitrogens with zero attached hydrogens (tertiary/aromatic N) is 1. The number of ether oxygens (including phenoxy) is 1. The van der Waals surface area contributed by atoms with Crippen LogP contribution < -0.4 is 0 Å². The molecule has 1 aliphatic heterocycles. The minimum atomic E-state index is -0.470. The lowest BCUT2D eigenvalue weighted by Gasteiger charge is -2.45. The van der Waals surface area contributed by atoms with Crippen LogP contribution in [0.1, 0.15) is 44.4 Å². The fraction of sp³-hybridized carbons (Fsp3) is 0.389. The highest BCUT2D eigenvalue weighted by Crippen LogP contribution is 2.50. The SMILES string of the molecule is C=C1C(=O)O[C@@H](c2ccc(C#N)cc2)C(C)(C)[C@@H]1CC(C)=O. The van der Waals surface area contributed by atoms with Gasteiger partial charge in [0, 0.05) is 23.3 Å². The van der Waals surface area contributed by atoms with Gasteiger partial charge in [0.1, 0.15) is 11.9 Å². The van der Waals surface area contributed by atoms with E-state index in [9.17, 15) is 9.59 Å². The Bertz CT molecular complexity index is 665. The number of hydrogen-bond donors (Lipinski definition) is 0. The summed E-state index contributed by atoms with van der Waals surface area (Å²) in [6.45, 7) is 9.27. The van der Waals surface area contributed by atoms with Gasteiger partial charge in [0.25, 0.3) is 0 Å². The van der Waals surface area contributed by atoms with Crippen LogP contribution in [0.25, 0.3) is 0 Å². The highest BCUT2D eigenvalue weighted by atomic mass is 16.5. The van der Waals surface area contributed by atoms with Crippen molar-refractivity contribution in [3.05, 3.63) is 47.5 Å². The van der Waals surface area contributed by atoms with Gasteiger partial charge in [-0.05, 0) is 24.6 Å². The topological polar surface area (TPSA) is 67.2 Å². The number of rotatable bonds is 3. The Morgan fingerprint density at radius 2 is 1.95 bits per heavy atom. The molecule has 1 heterocycles. The highest BCUT2D eigenvalue weighted by Gasteiger charge is 2.48. The van der Waals surface area contributed by atoms with E-state index in [0.29, 0.717) is 11.1 Å². The maximum Gasteiger partial charge on any atom is 0.334 e. The molecule has 22 heavy (non-hydrogen) atoms. The van der Waals surface area contributed by atoms with E-state index in [-0.39, 0.29) is 18.1 Å². The van der Waals surface area contributed by atoms with Gasteiger partial charge in [0.2, 0.25) is 0 Å². The number of carbonyl (C=O) groups excluding carboxylic acids is 2. The van der Waals surface area contributed by atoms with Crippen molar-refractivity contribution < 1.29 is 14.3 Å². The second-order valence-corrected chi connectivity index (χ2v) is 6.32. The summed E-state index contributed by atoms with van der Waals surface area (Å²) in [5, 5.41) is 8.88. The number of esters is 1. The van der Waals surface area contributed by atoms with Crippen LogP contribution in [0.2, 0.25) is 0 Å². The third-order valence-electron chi connectivity index (χ3n) is 4.32. The summed E-state index contributed by atoms with van der Waals surface area (Å²) >= 11 is 0. The zero-order valence-corrected chi connectivity index (χ0v) is 13.1. The molecule has 0 amide bonds. The number of carbonyl (C=O) groups is 2. The molecule has 0 spiro atoms. The van der Waals surface area contributed by atoms with Crippen LogP contribution in [0.3, 0.4) is 0 Å². The minimum absolute atomic E-state index is 0.0208. The zero-order chi connectivity index (χ0) is 16.5. The minimum Gasteiger partial charge on any atom is -0.454 e. The van der Waals surface area contributed by atoms with Crippen LogP contribution >= 0.6 is 0 Å². The molecule has 4 nitrogen and oxygen atoms in total. The molecule has 0 aliphatic carbocycles. The standard InChI is InChI=1S/C18H19NO3/c1-11(20)9-15-12(2)17(21)22-16(18(15,3)4)14-7-5-13(10-19)6-8-14/h5-8,15-16H,2,9H2,1,3-4H3/t15-,16+/m1/s1. The number of benzene rings is 1. The summed E-state index contributed by atoms with van der Waals surface area (Å²) in [6, 6.07) is 9.03.